The summed E-state index contributed by atoms with van der Waals surface area (Å²) in [5, 5.41) is 0. The topological polar surface area (TPSA) is 63.7 Å². The van der Waals surface area contributed by atoms with Gasteiger partial charge in [-0.15, -0.1) is 0 Å². The van der Waals surface area contributed by atoms with Crippen molar-refractivity contribution in [2.75, 3.05) is 19.7 Å². The Morgan fingerprint density at radius 2 is 1.56 bits per heavy atom. The second-order valence-electron chi connectivity index (χ2n) is 7.57. The summed E-state index contributed by atoms with van der Waals surface area (Å²) in [4.78, 5) is 38.2. The number of carbonyl (C=O) groups is 3. The van der Waals surface area contributed by atoms with E-state index in [-0.39, 0.29) is 31.1 Å². The van der Waals surface area contributed by atoms with Crippen LogP contribution >= 0.6 is 0 Å². The second kappa shape index (κ2) is 9.67. The molecule has 3 rings (SSSR count). The van der Waals surface area contributed by atoms with Gasteiger partial charge in [-0.1, -0.05) is 25.0 Å². The lowest BCUT2D eigenvalue weighted by Gasteiger charge is -2.19. The van der Waals surface area contributed by atoms with Gasteiger partial charge >= 0.3 is 5.97 Å². The van der Waals surface area contributed by atoms with Gasteiger partial charge in [-0.05, 0) is 55.7 Å². The predicted molar refractivity (Wildman–Crippen MR) is 103 cm³/mol. The van der Waals surface area contributed by atoms with Crippen molar-refractivity contribution in [1.82, 2.24) is 4.90 Å². The molecule has 0 spiro atoms. The molecule has 1 aromatic carbocycles. The molecule has 0 saturated carbocycles. The fourth-order valence-corrected chi connectivity index (χ4v) is 3.89. The molecule has 1 saturated heterocycles. The van der Waals surface area contributed by atoms with E-state index in [9.17, 15) is 14.4 Å². The molecule has 5 nitrogen and oxygen atoms in total. The van der Waals surface area contributed by atoms with Crippen molar-refractivity contribution in [3.8, 4) is 0 Å². The number of ether oxygens (including phenoxy) is 1. The van der Waals surface area contributed by atoms with Crippen LogP contribution in [0, 0.1) is 0 Å². The SMILES string of the molecule is O=C(CCC(=O)c1ccc2c(c1)CCCC2)OCC(=O)N1CCCCCC1. The lowest BCUT2D eigenvalue weighted by atomic mass is 9.89. The maximum absolute atomic E-state index is 12.4. The number of Topliss-reactive ketones (excluding diaryl/α,β-unsaturated/α-hetero) is 1. The van der Waals surface area contributed by atoms with Crippen LogP contribution in [0.2, 0.25) is 0 Å². The van der Waals surface area contributed by atoms with E-state index in [2.05, 4.69) is 0 Å². The molecule has 0 unspecified atom stereocenters. The molecule has 0 aromatic heterocycles. The van der Waals surface area contributed by atoms with E-state index in [0.717, 1.165) is 51.6 Å². The lowest BCUT2D eigenvalue weighted by molar-refractivity contribution is -0.152. The Bertz CT molecular complexity index is 690. The smallest absolute Gasteiger partial charge is 0.306 e. The molecule has 1 aliphatic heterocycles. The van der Waals surface area contributed by atoms with Crippen LogP contribution in [0.4, 0.5) is 0 Å². The molecule has 1 aliphatic carbocycles. The Kier molecular flexibility index (Phi) is 7.02. The second-order valence-corrected chi connectivity index (χ2v) is 7.57. The number of ketones is 1. The maximum Gasteiger partial charge on any atom is 0.306 e. The van der Waals surface area contributed by atoms with Gasteiger partial charge in [-0.2, -0.15) is 0 Å². The van der Waals surface area contributed by atoms with Crippen molar-refractivity contribution in [2.24, 2.45) is 0 Å². The minimum Gasteiger partial charge on any atom is -0.456 e. The zero-order valence-corrected chi connectivity index (χ0v) is 16.0. The molecule has 2 aliphatic rings. The molecule has 0 bridgehead atoms. The van der Waals surface area contributed by atoms with Crippen molar-refractivity contribution < 1.29 is 19.1 Å². The van der Waals surface area contributed by atoms with Crippen LogP contribution in [0.3, 0.4) is 0 Å². The van der Waals surface area contributed by atoms with E-state index in [1.54, 1.807) is 4.90 Å². The van der Waals surface area contributed by atoms with Crippen molar-refractivity contribution in [3.05, 3.63) is 34.9 Å². The normalized spacial score (nSPS) is 17.0. The Morgan fingerprint density at radius 1 is 0.852 bits per heavy atom. The fourth-order valence-electron chi connectivity index (χ4n) is 3.89. The monoisotopic (exact) mass is 371 g/mol. The third-order valence-corrected chi connectivity index (χ3v) is 5.54. The van der Waals surface area contributed by atoms with E-state index in [0.29, 0.717) is 5.56 Å². The number of hydrogen-bond donors (Lipinski definition) is 0. The van der Waals surface area contributed by atoms with Gasteiger partial charge < -0.3 is 9.64 Å². The molecule has 27 heavy (non-hydrogen) atoms. The van der Waals surface area contributed by atoms with Crippen LogP contribution in [0.25, 0.3) is 0 Å². The number of benzene rings is 1. The van der Waals surface area contributed by atoms with Gasteiger partial charge in [0, 0.05) is 25.1 Å². The van der Waals surface area contributed by atoms with Gasteiger partial charge in [-0.3, -0.25) is 14.4 Å². The molecular weight excluding hydrogens is 342 g/mol. The highest BCUT2D eigenvalue weighted by molar-refractivity contribution is 5.97. The number of hydrogen-bond acceptors (Lipinski definition) is 4. The van der Waals surface area contributed by atoms with E-state index in [4.69, 9.17) is 4.74 Å². The van der Waals surface area contributed by atoms with E-state index in [1.165, 1.54) is 24.0 Å². The standard InChI is InChI=1S/C22H29NO4/c24-20(19-10-9-17-7-3-4-8-18(17)15-19)11-12-22(26)27-16-21(25)23-13-5-1-2-6-14-23/h9-10,15H,1-8,11-14,16H2. The van der Waals surface area contributed by atoms with Crippen LogP contribution in [0.5, 0.6) is 0 Å². The first-order valence-electron chi connectivity index (χ1n) is 10.2. The number of rotatable bonds is 6. The minimum atomic E-state index is -0.482. The summed E-state index contributed by atoms with van der Waals surface area (Å²) in [5.74, 6) is -0.657. The highest BCUT2D eigenvalue weighted by atomic mass is 16.5. The zero-order valence-electron chi connectivity index (χ0n) is 16.0. The average Bonchev–Trinajstić information content (AvgIpc) is 2.99. The summed E-state index contributed by atoms with van der Waals surface area (Å²) in [5.41, 5.74) is 3.27. The minimum absolute atomic E-state index is 0.0171. The van der Waals surface area contributed by atoms with Crippen molar-refractivity contribution >= 4 is 17.7 Å². The molecule has 0 N–H and O–H groups in total. The summed E-state index contributed by atoms with van der Waals surface area (Å²) in [6.07, 6.45) is 8.94. The molecule has 1 amide bonds. The summed E-state index contributed by atoms with van der Waals surface area (Å²) >= 11 is 0. The first kappa shape index (κ1) is 19.6. The highest BCUT2D eigenvalue weighted by Crippen LogP contribution is 2.23. The van der Waals surface area contributed by atoms with Gasteiger partial charge in [0.25, 0.3) is 5.91 Å². The van der Waals surface area contributed by atoms with E-state index in [1.807, 2.05) is 18.2 Å². The van der Waals surface area contributed by atoms with Gasteiger partial charge in [0.1, 0.15) is 0 Å². The Labute approximate surface area is 161 Å². The van der Waals surface area contributed by atoms with Crippen molar-refractivity contribution in [1.29, 1.82) is 0 Å². The van der Waals surface area contributed by atoms with Crippen molar-refractivity contribution in [3.63, 3.8) is 0 Å². The molecule has 1 heterocycles. The third kappa shape index (κ3) is 5.65. The van der Waals surface area contributed by atoms with Gasteiger partial charge in [0.05, 0.1) is 6.42 Å². The average molecular weight is 371 g/mol. The van der Waals surface area contributed by atoms with Gasteiger partial charge in [0.15, 0.2) is 12.4 Å². The highest BCUT2D eigenvalue weighted by Gasteiger charge is 2.18. The Morgan fingerprint density at radius 3 is 2.30 bits per heavy atom. The lowest BCUT2D eigenvalue weighted by Crippen LogP contribution is -2.35. The molecular formula is C22H29NO4. The maximum atomic E-state index is 12.4. The number of esters is 1. The number of likely N-dealkylation sites (tertiary alicyclic amines) is 1. The van der Waals surface area contributed by atoms with Crippen LogP contribution in [-0.4, -0.2) is 42.3 Å². The first-order chi connectivity index (χ1) is 13.1. The zero-order chi connectivity index (χ0) is 19.1. The molecule has 0 radical (unpaired) electrons. The van der Waals surface area contributed by atoms with Crippen LogP contribution in [0.15, 0.2) is 18.2 Å². The number of nitrogens with zero attached hydrogens (tertiary/aromatic N) is 1. The molecule has 1 aromatic rings. The largest absolute Gasteiger partial charge is 0.456 e. The summed E-state index contributed by atoms with van der Waals surface area (Å²) in [6, 6.07) is 5.88. The van der Waals surface area contributed by atoms with Crippen molar-refractivity contribution in [2.45, 2.75) is 64.2 Å². The Balaban J connectivity index is 1.42. The number of fused-ring (bicyclic) bond motifs is 1. The van der Waals surface area contributed by atoms with Crippen LogP contribution < -0.4 is 0 Å². The quantitative estimate of drug-likeness (QED) is 0.567. The van der Waals surface area contributed by atoms with Gasteiger partial charge in [-0.25, -0.2) is 0 Å². The predicted octanol–water partition coefficient (Wildman–Crippen LogP) is 3.47. The molecule has 0 atom stereocenters. The number of carbonyl (C=O) groups excluding carboxylic acids is 3. The third-order valence-electron chi connectivity index (χ3n) is 5.54. The summed E-state index contributed by atoms with van der Waals surface area (Å²) in [7, 11) is 0. The fraction of sp³-hybridized carbons (Fsp3) is 0.591. The van der Waals surface area contributed by atoms with Crippen LogP contribution in [0.1, 0.15) is 72.9 Å². The van der Waals surface area contributed by atoms with Gasteiger partial charge in [0.2, 0.25) is 0 Å². The van der Waals surface area contributed by atoms with Crippen LogP contribution in [-0.2, 0) is 27.2 Å². The first-order valence-corrected chi connectivity index (χ1v) is 10.2. The molecule has 1 fully saturated rings. The number of aryl methyl sites for hydroxylation is 2. The number of amides is 1. The van der Waals surface area contributed by atoms with E-state index >= 15 is 0 Å². The summed E-state index contributed by atoms with van der Waals surface area (Å²) < 4.78 is 5.09. The summed E-state index contributed by atoms with van der Waals surface area (Å²) in [6.45, 7) is 1.27. The molecule has 146 valence electrons. The Hall–Kier alpha value is -2.17. The van der Waals surface area contributed by atoms with E-state index < -0.39 is 5.97 Å². The molecule has 5 heteroatoms.